The molecule has 44 heavy (non-hydrogen) atoms. The second-order valence-corrected chi connectivity index (χ2v) is 13.0. The van der Waals surface area contributed by atoms with Gasteiger partial charge in [0.25, 0.3) is 0 Å². The third kappa shape index (κ3) is 4.28. The molecule has 0 N–H and O–H groups in total. The molecule has 1 aliphatic rings. The average Bonchev–Trinajstić information content (AvgIpc) is 3.10. The van der Waals surface area contributed by atoms with Gasteiger partial charge < -0.3 is 0 Å². The van der Waals surface area contributed by atoms with Crippen molar-refractivity contribution in [3.8, 4) is 34.2 Å². The van der Waals surface area contributed by atoms with Crippen molar-refractivity contribution < 1.29 is 0 Å². The van der Waals surface area contributed by atoms with Crippen LogP contribution in [0.4, 0.5) is 0 Å². The van der Waals surface area contributed by atoms with E-state index in [2.05, 4.69) is 121 Å². The molecule has 1 aliphatic heterocycles. The zero-order chi connectivity index (χ0) is 29.0. The molecule has 0 saturated heterocycles. The summed E-state index contributed by atoms with van der Waals surface area (Å²) in [5.74, 6) is 2.00. The Morgan fingerprint density at radius 2 is 0.727 bits per heavy atom. The minimum atomic E-state index is 0.665. The SMILES string of the molecule is c1ccc(-c2nc(-c3ccc4c(c3)Sc3ccccc3S4)nc(-c3ccc4c5ccccc5c5ccccc5c4c3)n2)cc1. The summed E-state index contributed by atoms with van der Waals surface area (Å²) in [4.78, 5) is 20.2. The molecule has 9 rings (SSSR count). The van der Waals surface area contributed by atoms with Gasteiger partial charge in [0.15, 0.2) is 17.5 Å². The van der Waals surface area contributed by atoms with E-state index in [0.29, 0.717) is 17.5 Å². The molecule has 0 aliphatic carbocycles. The number of aromatic nitrogens is 3. The number of benzene rings is 7. The number of fused-ring (bicyclic) bond motifs is 8. The summed E-state index contributed by atoms with van der Waals surface area (Å²) in [7, 11) is 0. The van der Waals surface area contributed by atoms with Crippen molar-refractivity contribution in [2.75, 3.05) is 0 Å². The van der Waals surface area contributed by atoms with Crippen LogP contribution in [0, 0.1) is 0 Å². The lowest BCUT2D eigenvalue weighted by molar-refractivity contribution is 1.07. The topological polar surface area (TPSA) is 38.7 Å². The zero-order valence-corrected chi connectivity index (χ0v) is 25.1. The average molecular weight is 598 g/mol. The number of nitrogens with zero attached hydrogens (tertiary/aromatic N) is 3. The highest BCUT2D eigenvalue weighted by atomic mass is 32.2. The van der Waals surface area contributed by atoms with Crippen LogP contribution in [0.1, 0.15) is 0 Å². The van der Waals surface area contributed by atoms with Crippen molar-refractivity contribution in [1.29, 1.82) is 0 Å². The van der Waals surface area contributed by atoms with Gasteiger partial charge in [-0.25, -0.2) is 15.0 Å². The summed E-state index contributed by atoms with van der Waals surface area (Å²) in [6.45, 7) is 0. The van der Waals surface area contributed by atoms with Gasteiger partial charge in [-0.05, 0) is 68.7 Å². The van der Waals surface area contributed by atoms with Gasteiger partial charge in [0.05, 0.1) is 0 Å². The van der Waals surface area contributed by atoms with Gasteiger partial charge in [0.2, 0.25) is 0 Å². The predicted molar refractivity (Wildman–Crippen MR) is 183 cm³/mol. The molecule has 0 saturated carbocycles. The van der Waals surface area contributed by atoms with Crippen molar-refractivity contribution in [2.24, 2.45) is 0 Å². The summed E-state index contributed by atoms with van der Waals surface area (Å²) >= 11 is 3.62. The fraction of sp³-hybridized carbons (Fsp3) is 0. The minimum Gasteiger partial charge on any atom is -0.208 e. The lowest BCUT2D eigenvalue weighted by Crippen LogP contribution is -2.00. The van der Waals surface area contributed by atoms with Crippen LogP contribution in [0.25, 0.3) is 66.5 Å². The van der Waals surface area contributed by atoms with E-state index in [-0.39, 0.29) is 0 Å². The second-order valence-electron chi connectivity index (χ2n) is 10.8. The summed E-state index contributed by atoms with van der Waals surface area (Å²) in [6.07, 6.45) is 0. The Hall–Kier alpha value is -4.97. The van der Waals surface area contributed by atoms with E-state index in [1.54, 1.807) is 11.8 Å². The van der Waals surface area contributed by atoms with Gasteiger partial charge >= 0.3 is 0 Å². The van der Waals surface area contributed by atoms with E-state index < -0.39 is 0 Å². The van der Waals surface area contributed by atoms with Crippen LogP contribution < -0.4 is 0 Å². The fourth-order valence-corrected chi connectivity index (χ4v) is 8.32. The summed E-state index contributed by atoms with van der Waals surface area (Å²) < 4.78 is 0. The molecule has 2 heterocycles. The zero-order valence-electron chi connectivity index (χ0n) is 23.4. The monoisotopic (exact) mass is 597 g/mol. The van der Waals surface area contributed by atoms with Crippen LogP contribution in [0.15, 0.2) is 159 Å². The molecular formula is C39H23N3S2. The standard InChI is InChI=1S/C39H23N3S2/c1-2-10-24(11-3-1)37-40-38(42-39(41-37)26-19-21-35-36(23-26)44-34-17-9-8-16-33(34)43-35)25-18-20-31-29-14-5-4-12-27(29)28-13-6-7-15-30(28)32(31)22-25/h1-23H. The van der Waals surface area contributed by atoms with Gasteiger partial charge in [-0.2, -0.15) is 0 Å². The van der Waals surface area contributed by atoms with Crippen molar-refractivity contribution in [1.82, 2.24) is 15.0 Å². The van der Waals surface area contributed by atoms with Crippen LogP contribution in [-0.4, -0.2) is 15.0 Å². The molecule has 0 bridgehead atoms. The Kier molecular flexibility index (Phi) is 6.00. The van der Waals surface area contributed by atoms with Crippen LogP contribution in [-0.2, 0) is 0 Å². The Balaban J connectivity index is 1.23. The van der Waals surface area contributed by atoms with E-state index in [4.69, 9.17) is 15.0 Å². The van der Waals surface area contributed by atoms with Crippen molar-refractivity contribution in [3.05, 3.63) is 140 Å². The minimum absolute atomic E-state index is 0.665. The Morgan fingerprint density at radius 1 is 0.295 bits per heavy atom. The molecule has 0 fully saturated rings. The van der Waals surface area contributed by atoms with Crippen LogP contribution in [0.2, 0.25) is 0 Å². The Labute approximate surface area is 263 Å². The largest absolute Gasteiger partial charge is 0.208 e. The molecule has 5 heteroatoms. The fourth-order valence-electron chi connectivity index (χ4n) is 6.06. The van der Waals surface area contributed by atoms with Gasteiger partial charge in [-0.1, -0.05) is 127 Å². The van der Waals surface area contributed by atoms with E-state index in [9.17, 15) is 0 Å². The van der Waals surface area contributed by atoms with Crippen molar-refractivity contribution in [2.45, 2.75) is 19.6 Å². The lowest BCUT2D eigenvalue weighted by Gasteiger charge is -2.18. The van der Waals surface area contributed by atoms with Crippen molar-refractivity contribution in [3.63, 3.8) is 0 Å². The molecule has 1 aromatic heterocycles. The highest BCUT2D eigenvalue weighted by Crippen LogP contribution is 2.49. The van der Waals surface area contributed by atoms with Gasteiger partial charge in [0.1, 0.15) is 0 Å². The third-order valence-electron chi connectivity index (χ3n) is 8.16. The van der Waals surface area contributed by atoms with E-state index in [1.165, 1.54) is 51.9 Å². The highest BCUT2D eigenvalue weighted by Gasteiger charge is 2.19. The molecule has 3 nitrogen and oxygen atoms in total. The maximum atomic E-state index is 5.10. The smallest absolute Gasteiger partial charge is 0.164 e. The third-order valence-corrected chi connectivity index (χ3v) is 10.7. The first kappa shape index (κ1) is 25.5. The van der Waals surface area contributed by atoms with E-state index >= 15 is 0 Å². The van der Waals surface area contributed by atoms with Crippen LogP contribution in [0.5, 0.6) is 0 Å². The number of rotatable bonds is 3. The molecule has 8 aromatic rings. The highest BCUT2D eigenvalue weighted by molar-refractivity contribution is 8.05. The maximum absolute atomic E-state index is 5.10. The Bertz CT molecular complexity index is 2370. The summed E-state index contributed by atoms with van der Waals surface area (Å²) in [6, 6.07) is 49.2. The Morgan fingerprint density at radius 3 is 1.36 bits per heavy atom. The maximum Gasteiger partial charge on any atom is 0.164 e. The molecule has 0 amide bonds. The van der Waals surface area contributed by atoms with Gasteiger partial charge in [0, 0.05) is 36.3 Å². The molecular weight excluding hydrogens is 575 g/mol. The molecule has 7 aromatic carbocycles. The number of hydrogen-bond donors (Lipinski definition) is 0. The van der Waals surface area contributed by atoms with Crippen LogP contribution in [0.3, 0.4) is 0 Å². The first-order valence-corrected chi connectivity index (χ1v) is 16.2. The summed E-state index contributed by atoms with van der Waals surface area (Å²) in [5, 5.41) is 7.42. The molecule has 206 valence electrons. The quantitative estimate of drug-likeness (QED) is 0.189. The molecule has 0 radical (unpaired) electrons. The molecule has 0 atom stereocenters. The first-order chi connectivity index (χ1) is 21.8. The normalized spacial score (nSPS) is 12.4. The number of hydrogen-bond acceptors (Lipinski definition) is 5. The first-order valence-electron chi connectivity index (χ1n) is 14.5. The van der Waals surface area contributed by atoms with Gasteiger partial charge in [-0.15, -0.1) is 0 Å². The molecule has 0 unspecified atom stereocenters. The van der Waals surface area contributed by atoms with Gasteiger partial charge in [-0.3, -0.25) is 0 Å². The summed E-state index contributed by atoms with van der Waals surface area (Å²) in [5.41, 5.74) is 2.91. The van der Waals surface area contributed by atoms with E-state index in [0.717, 1.165) is 16.7 Å². The van der Waals surface area contributed by atoms with Crippen molar-refractivity contribution >= 4 is 55.8 Å². The second kappa shape index (κ2) is 10.3. The predicted octanol–water partition coefficient (Wildman–Crippen LogP) is 10.9. The lowest BCUT2D eigenvalue weighted by atomic mass is 9.93. The molecule has 0 spiro atoms. The van der Waals surface area contributed by atoms with E-state index in [1.807, 2.05) is 30.0 Å². The van der Waals surface area contributed by atoms with Crippen LogP contribution >= 0.6 is 23.5 Å².